The van der Waals surface area contributed by atoms with Crippen LogP contribution in [0.15, 0.2) is 12.2 Å². The van der Waals surface area contributed by atoms with Gasteiger partial charge in [0.05, 0.1) is 0 Å². The average Bonchev–Trinajstić information content (AvgIpc) is 2.46. The van der Waals surface area contributed by atoms with Crippen LogP contribution in [0.2, 0.25) is 0 Å². The maximum atomic E-state index is 3.66. The molecule has 11 heavy (non-hydrogen) atoms. The first kappa shape index (κ1) is 7.35. The lowest BCUT2D eigenvalue weighted by molar-refractivity contribution is 0.458. The summed E-state index contributed by atoms with van der Waals surface area (Å²) in [5.41, 5.74) is 0. The monoisotopic (exact) mass is 151 g/mol. The van der Waals surface area contributed by atoms with Gasteiger partial charge in [-0.25, -0.2) is 0 Å². The van der Waals surface area contributed by atoms with Gasteiger partial charge in [-0.05, 0) is 31.6 Å². The summed E-state index contributed by atoms with van der Waals surface area (Å²) in [5.74, 6) is 0.949. The first-order valence-corrected chi connectivity index (χ1v) is 4.83. The van der Waals surface area contributed by atoms with E-state index in [-0.39, 0.29) is 0 Å². The van der Waals surface area contributed by atoms with Gasteiger partial charge in [-0.1, -0.05) is 19.1 Å². The van der Waals surface area contributed by atoms with Gasteiger partial charge in [-0.3, -0.25) is 0 Å². The molecule has 0 saturated carbocycles. The van der Waals surface area contributed by atoms with Gasteiger partial charge in [-0.2, -0.15) is 0 Å². The molecule has 0 amide bonds. The van der Waals surface area contributed by atoms with E-state index < -0.39 is 0 Å². The Balaban J connectivity index is 2.00. The first-order chi connectivity index (χ1) is 5.40. The maximum absolute atomic E-state index is 3.66. The topological polar surface area (TPSA) is 12.0 Å². The summed E-state index contributed by atoms with van der Waals surface area (Å²) in [6.45, 7) is 2.28. The third kappa shape index (κ3) is 1.34. The molecule has 2 aliphatic rings. The van der Waals surface area contributed by atoms with Crippen LogP contribution in [0.3, 0.4) is 0 Å². The highest BCUT2D eigenvalue weighted by Gasteiger charge is 2.31. The molecule has 1 heteroatoms. The third-order valence-corrected chi connectivity index (χ3v) is 3.06. The molecule has 1 aliphatic carbocycles. The zero-order valence-corrected chi connectivity index (χ0v) is 7.22. The Hall–Kier alpha value is -0.300. The Kier molecular flexibility index (Phi) is 1.99. The van der Waals surface area contributed by atoms with Gasteiger partial charge >= 0.3 is 0 Å². The van der Waals surface area contributed by atoms with Crippen LogP contribution in [-0.2, 0) is 0 Å². The Morgan fingerprint density at radius 2 is 2.45 bits per heavy atom. The van der Waals surface area contributed by atoms with E-state index >= 15 is 0 Å². The molecule has 3 unspecified atom stereocenters. The van der Waals surface area contributed by atoms with Crippen molar-refractivity contribution in [3.63, 3.8) is 0 Å². The van der Waals surface area contributed by atoms with Gasteiger partial charge in [0, 0.05) is 12.1 Å². The fourth-order valence-corrected chi connectivity index (χ4v) is 2.34. The minimum atomic E-state index is 0.716. The fourth-order valence-electron chi connectivity index (χ4n) is 2.34. The van der Waals surface area contributed by atoms with Crippen molar-refractivity contribution in [2.45, 2.75) is 44.7 Å². The molecule has 0 bridgehead atoms. The molecular formula is C10H17N. The van der Waals surface area contributed by atoms with Crippen molar-refractivity contribution in [1.82, 2.24) is 5.32 Å². The molecule has 2 rings (SSSR count). The van der Waals surface area contributed by atoms with E-state index in [0.717, 1.165) is 12.0 Å². The second-order valence-electron chi connectivity index (χ2n) is 3.80. The Labute approximate surface area is 68.9 Å². The summed E-state index contributed by atoms with van der Waals surface area (Å²) >= 11 is 0. The fraction of sp³-hybridized carbons (Fsp3) is 0.800. The van der Waals surface area contributed by atoms with E-state index in [1.54, 1.807) is 0 Å². The van der Waals surface area contributed by atoms with Gasteiger partial charge in [0.25, 0.3) is 0 Å². The van der Waals surface area contributed by atoms with Crippen molar-refractivity contribution in [3.8, 4) is 0 Å². The number of nitrogens with one attached hydrogen (secondary N) is 1. The molecule has 1 nitrogen and oxygen atoms in total. The summed E-state index contributed by atoms with van der Waals surface area (Å²) in [6.07, 6.45) is 10.1. The van der Waals surface area contributed by atoms with Crippen LogP contribution in [0, 0.1) is 5.92 Å². The second kappa shape index (κ2) is 2.98. The summed E-state index contributed by atoms with van der Waals surface area (Å²) in [7, 11) is 0. The van der Waals surface area contributed by atoms with Crippen molar-refractivity contribution >= 4 is 0 Å². The van der Waals surface area contributed by atoms with E-state index in [9.17, 15) is 0 Å². The molecule has 3 atom stereocenters. The average molecular weight is 151 g/mol. The minimum absolute atomic E-state index is 0.716. The quantitative estimate of drug-likeness (QED) is 0.566. The van der Waals surface area contributed by atoms with Crippen LogP contribution in [0.4, 0.5) is 0 Å². The van der Waals surface area contributed by atoms with Crippen molar-refractivity contribution in [2.75, 3.05) is 0 Å². The predicted octanol–water partition coefficient (Wildman–Crippen LogP) is 2.09. The molecule has 1 heterocycles. The van der Waals surface area contributed by atoms with E-state index in [4.69, 9.17) is 0 Å². The zero-order valence-electron chi connectivity index (χ0n) is 7.22. The molecule has 0 aromatic heterocycles. The number of rotatable bonds is 1. The van der Waals surface area contributed by atoms with Crippen molar-refractivity contribution < 1.29 is 0 Å². The van der Waals surface area contributed by atoms with Gasteiger partial charge in [0.2, 0.25) is 0 Å². The Bertz CT molecular complexity index is 162. The molecule has 1 N–H and O–H groups in total. The molecular weight excluding hydrogens is 134 g/mol. The van der Waals surface area contributed by atoms with Crippen molar-refractivity contribution in [3.05, 3.63) is 12.2 Å². The summed E-state index contributed by atoms with van der Waals surface area (Å²) in [4.78, 5) is 0. The Morgan fingerprint density at radius 3 is 3.18 bits per heavy atom. The van der Waals surface area contributed by atoms with Crippen LogP contribution < -0.4 is 5.32 Å². The van der Waals surface area contributed by atoms with Crippen LogP contribution in [-0.4, -0.2) is 12.1 Å². The van der Waals surface area contributed by atoms with Gasteiger partial charge in [-0.15, -0.1) is 0 Å². The van der Waals surface area contributed by atoms with Gasteiger partial charge < -0.3 is 5.32 Å². The first-order valence-electron chi connectivity index (χ1n) is 4.83. The lowest BCUT2D eigenvalue weighted by Gasteiger charge is -2.18. The summed E-state index contributed by atoms with van der Waals surface area (Å²) in [5, 5.41) is 3.66. The third-order valence-electron chi connectivity index (χ3n) is 3.06. The SMILES string of the molecule is CCC1CC2CCC=CC2N1. The molecule has 1 saturated heterocycles. The highest BCUT2D eigenvalue weighted by Crippen LogP contribution is 2.30. The second-order valence-corrected chi connectivity index (χ2v) is 3.80. The van der Waals surface area contributed by atoms with Crippen LogP contribution in [0.5, 0.6) is 0 Å². The highest BCUT2D eigenvalue weighted by molar-refractivity contribution is 5.06. The molecule has 1 fully saturated rings. The molecule has 62 valence electrons. The number of allylic oxidation sites excluding steroid dienone is 1. The number of hydrogen-bond donors (Lipinski definition) is 1. The summed E-state index contributed by atoms with van der Waals surface area (Å²) < 4.78 is 0. The van der Waals surface area contributed by atoms with E-state index in [2.05, 4.69) is 24.4 Å². The van der Waals surface area contributed by atoms with E-state index in [1.165, 1.54) is 25.7 Å². The molecule has 1 aliphatic heterocycles. The van der Waals surface area contributed by atoms with Crippen molar-refractivity contribution in [2.24, 2.45) is 5.92 Å². The van der Waals surface area contributed by atoms with Crippen molar-refractivity contribution in [1.29, 1.82) is 0 Å². The lowest BCUT2D eigenvalue weighted by atomic mass is 9.89. The van der Waals surface area contributed by atoms with Gasteiger partial charge in [0.1, 0.15) is 0 Å². The molecule has 0 radical (unpaired) electrons. The number of fused-ring (bicyclic) bond motifs is 1. The van der Waals surface area contributed by atoms with E-state index in [0.29, 0.717) is 6.04 Å². The minimum Gasteiger partial charge on any atom is -0.307 e. The molecule has 0 aromatic rings. The van der Waals surface area contributed by atoms with Gasteiger partial charge in [0.15, 0.2) is 0 Å². The van der Waals surface area contributed by atoms with Crippen LogP contribution in [0.1, 0.15) is 32.6 Å². The Morgan fingerprint density at radius 1 is 1.55 bits per heavy atom. The zero-order chi connectivity index (χ0) is 7.68. The number of hydrogen-bond acceptors (Lipinski definition) is 1. The normalized spacial score (nSPS) is 42.5. The lowest BCUT2D eigenvalue weighted by Crippen LogP contribution is -2.30. The standard InChI is InChI=1S/C10H17N/c1-2-9-7-8-5-3-4-6-10(8)11-9/h4,6,8-11H,2-3,5,7H2,1H3. The van der Waals surface area contributed by atoms with Crippen LogP contribution >= 0.6 is 0 Å². The smallest absolute Gasteiger partial charge is 0.0281 e. The largest absolute Gasteiger partial charge is 0.307 e. The summed E-state index contributed by atoms with van der Waals surface area (Å²) in [6, 6.07) is 1.52. The van der Waals surface area contributed by atoms with E-state index in [1.807, 2.05) is 0 Å². The highest BCUT2D eigenvalue weighted by atomic mass is 15.0. The molecule has 0 aromatic carbocycles. The van der Waals surface area contributed by atoms with Crippen LogP contribution in [0.25, 0.3) is 0 Å². The predicted molar refractivity (Wildman–Crippen MR) is 47.5 cm³/mol. The molecule has 0 spiro atoms. The maximum Gasteiger partial charge on any atom is 0.0281 e.